The highest BCUT2D eigenvalue weighted by molar-refractivity contribution is 5.24. The molecule has 0 unspecified atom stereocenters. The van der Waals surface area contributed by atoms with Gasteiger partial charge in [-0.15, -0.1) is 0 Å². The highest BCUT2D eigenvalue weighted by Gasteiger charge is 2.25. The largest absolute Gasteiger partial charge is 0.401 e. The quantitative estimate of drug-likeness (QED) is 0.783. The van der Waals surface area contributed by atoms with E-state index in [1.807, 2.05) is 24.3 Å². The number of nitrogens with one attached hydrogen (secondary N) is 1. The maximum absolute atomic E-state index is 11.9. The minimum absolute atomic E-state index is 0.348. The topological polar surface area (TPSA) is 12.0 Å². The minimum atomic E-state index is -4.12. The van der Waals surface area contributed by atoms with Crippen LogP contribution in [0.15, 0.2) is 24.3 Å². The van der Waals surface area contributed by atoms with Crippen molar-refractivity contribution in [3.05, 3.63) is 35.4 Å². The fraction of sp³-hybridized carbons (Fsp3) is 0.538. The molecule has 1 aromatic carbocycles. The lowest BCUT2D eigenvalue weighted by molar-refractivity contribution is -0.124. The number of hydrogen-bond donors (Lipinski definition) is 1. The Balaban J connectivity index is 2.33. The maximum Gasteiger partial charge on any atom is 0.401 e. The molecule has 0 aliphatic carbocycles. The third-order valence-corrected chi connectivity index (χ3v) is 2.56. The van der Waals surface area contributed by atoms with Crippen LogP contribution in [0.2, 0.25) is 0 Å². The Bertz CT molecular complexity index is 328. The zero-order valence-electron chi connectivity index (χ0n) is 10.1. The van der Waals surface area contributed by atoms with Crippen LogP contribution < -0.4 is 5.32 Å². The third kappa shape index (κ3) is 5.73. The average molecular weight is 245 g/mol. The summed E-state index contributed by atoms with van der Waals surface area (Å²) in [6.07, 6.45) is -3.50. The van der Waals surface area contributed by atoms with E-state index < -0.39 is 12.7 Å². The van der Waals surface area contributed by atoms with Crippen LogP contribution >= 0.6 is 0 Å². The van der Waals surface area contributed by atoms with E-state index in [9.17, 15) is 13.2 Å². The number of hydrogen-bond acceptors (Lipinski definition) is 1. The van der Waals surface area contributed by atoms with Crippen molar-refractivity contribution in [2.75, 3.05) is 13.1 Å². The first-order valence-electron chi connectivity index (χ1n) is 5.75. The predicted octanol–water partition coefficient (Wildman–Crippen LogP) is 3.50. The Morgan fingerprint density at radius 2 is 1.71 bits per heavy atom. The molecule has 4 heteroatoms. The lowest BCUT2D eigenvalue weighted by Gasteiger charge is -2.09. The Labute approximate surface area is 100 Å². The summed E-state index contributed by atoms with van der Waals surface area (Å²) in [7, 11) is 0. The van der Waals surface area contributed by atoms with Gasteiger partial charge in [-0.25, -0.2) is 0 Å². The second-order valence-corrected chi connectivity index (χ2v) is 4.44. The van der Waals surface area contributed by atoms with Crippen molar-refractivity contribution in [2.24, 2.45) is 0 Å². The van der Waals surface area contributed by atoms with Crippen LogP contribution in [0, 0.1) is 0 Å². The summed E-state index contributed by atoms with van der Waals surface area (Å²) < 4.78 is 35.6. The molecule has 0 spiro atoms. The van der Waals surface area contributed by atoms with Crippen LogP contribution in [-0.4, -0.2) is 19.3 Å². The van der Waals surface area contributed by atoms with Crippen molar-refractivity contribution >= 4 is 0 Å². The molecule has 96 valence electrons. The molecule has 0 aromatic heterocycles. The Hall–Kier alpha value is -1.03. The molecule has 0 atom stereocenters. The van der Waals surface area contributed by atoms with Gasteiger partial charge >= 0.3 is 6.18 Å². The van der Waals surface area contributed by atoms with E-state index >= 15 is 0 Å². The molecule has 0 amide bonds. The lowest BCUT2D eigenvalue weighted by Crippen LogP contribution is -2.30. The zero-order chi connectivity index (χ0) is 12.9. The van der Waals surface area contributed by atoms with Gasteiger partial charge in [0.05, 0.1) is 6.54 Å². The number of halogens is 3. The summed E-state index contributed by atoms with van der Waals surface area (Å²) in [6.45, 7) is 3.65. The van der Waals surface area contributed by atoms with E-state index in [0.29, 0.717) is 18.9 Å². The second-order valence-electron chi connectivity index (χ2n) is 4.44. The lowest BCUT2D eigenvalue weighted by atomic mass is 10.0. The van der Waals surface area contributed by atoms with Gasteiger partial charge in [-0.2, -0.15) is 13.2 Å². The summed E-state index contributed by atoms with van der Waals surface area (Å²) in [6, 6.07) is 8.02. The van der Waals surface area contributed by atoms with E-state index in [4.69, 9.17) is 0 Å². The van der Waals surface area contributed by atoms with Gasteiger partial charge in [0.25, 0.3) is 0 Å². The second kappa shape index (κ2) is 6.05. The molecule has 1 aromatic rings. The van der Waals surface area contributed by atoms with Crippen LogP contribution in [0.1, 0.15) is 30.9 Å². The van der Waals surface area contributed by atoms with E-state index in [2.05, 4.69) is 19.2 Å². The van der Waals surface area contributed by atoms with Gasteiger partial charge in [-0.3, -0.25) is 0 Å². The van der Waals surface area contributed by atoms with E-state index in [0.717, 1.165) is 5.56 Å². The number of alkyl halides is 3. The molecule has 1 rings (SSSR count). The molecular weight excluding hydrogens is 227 g/mol. The van der Waals surface area contributed by atoms with Crippen molar-refractivity contribution in [1.82, 2.24) is 5.32 Å². The standard InChI is InChI=1S/C13H18F3N/c1-10(2)12-5-3-11(4-6-12)7-8-17-9-13(14,15)16/h3-6,10,17H,7-9H2,1-2H3. The van der Waals surface area contributed by atoms with Gasteiger partial charge in [0, 0.05) is 0 Å². The van der Waals surface area contributed by atoms with Crippen molar-refractivity contribution in [3.8, 4) is 0 Å². The molecule has 1 N–H and O–H groups in total. The Kier molecular flexibility index (Phi) is 5.00. The Morgan fingerprint density at radius 1 is 1.12 bits per heavy atom. The Morgan fingerprint density at radius 3 is 2.18 bits per heavy atom. The summed E-state index contributed by atoms with van der Waals surface area (Å²) in [5.74, 6) is 0.479. The molecule has 0 saturated heterocycles. The minimum Gasteiger partial charge on any atom is -0.308 e. The van der Waals surface area contributed by atoms with Crippen LogP contribution in [0.4, 0.5) is 13.2 Å². The van der Waals surface area contributed by atoms with Gasteiger partial charge in [-0.1, -0.05) is 38.1 Å². The van der Waals surface area contributed by atoms with Crippen molar-refractivity contribution < 1.29 is 13.2 Å². The fourth-order valence-electron chi connectivity index (χ4n) is 1.53. The van der Waals surface area contributed by atoms with Crippen molar-refractivity contribution in [2.45, 2.75) is 32.4 Å². The molecule has 0 saturated carbocycles. The van der Waals surface area contributed by atoms with Crippen molar-refractivity contribution in [1.29, 1.82) is 0 Å². The van der Waals surface area contributed by atoms with Gasteiger partial charge in [0.2, 0.25) is 0 Å². The highest BCUT2D eigenvalue weighted by atomic mass is 19.4. The maximum atomic E-state index is 11.9. The molecule has 0 heterocycles. The number of benzene rings is 1. The van der Waals surface area contributed by atoms with E-state index in [-0.39, 0.29) is 0 Å². The summed E-state index contributed by atoms with van der Waals surface area (Å²) >= 11 is 0. The van der Waals surface area contributed by atoms with E-state index in [1.165, 1.54) is 5.56 Å². The van der Waals surface area contributed by atoms with Crippen LogP contribution in [0.3, 0.4) is 0 Å². The fourth-order valence-corrected chi connectivity index (χ4v) is 1.53. The predicted molar refractivity (Wildman–Crippen MR) is 63.2 cm³/mol. The SMILES string of the molecule is CC(C)c1ccc(CCNCC(F)(F)F)cc1. The first-order chi connectivity index (χ1) is 7.88. The van der Waals surface area contributed by atoms with E-state index in [1.54, 1.807) is 0 Å². The van der Waals surface area contributed by atoms with Gasteiger partial charge in [-0.05, 0) is 30.0 Å². The molecule has 0 bridgehead atoms. The summed E-state index contributed by atoms with van der Waals surface area (Å²) in [4.78, 5) is 0. The normalized spacial score (nSPS) is 12.1. The molecule has 0 aliphatic heterocycles. The van der Waals surface area contributed by atoms with Crippen LogP contribution in [0.5, 0.6) is 0 Å². The molecule has 0 radical (unpaired) electrons. The summed E-state index contributed by atoms with van der Waals surface area (Å²) in [5.41, 5.74) is 2.31. The zero-order valence-corrected chi connectivity index (χ0v) is 10.1. The summed E-state index contributed by atoms with van der Waals surface area (Å²) in [5, 5.41) is 2.39. The number of rotatable bonds is 5. The van der Waals surface area contributed by atoms with Crippen LogP contribution in [-0.2, 0) is 6.42 Å². The smallest absolute Gasteiger partial charge is 0.308 e. The monoisotopic (exact) mass is 245 g/mol. The first kappa shape index (κ1) is 14.0. The molecule has 0 aliphatic rings. The van der Waals surface area contributed by atoms with Gasteiger partial charge in [0.1, 0.15) is 0 Å². The van der Waals surface area contributed by atoms with Gasteiger partial charge < -0.3 is 5.32 Å². The highest BCUT2D eigenvalue weighted by Crippen LogP contribution is 2.15. The first-order valence-corrected chi connectivity index (χ1v) is 5.75. The molecule has 1 nitrogen and oxygen atoms in total. The van der Waals surface area contributed by atoms with Gasteiger partial charge in [0.15, 0.2) is 0 Å². The third-order valence-electron chi connectivity index (χ3n) is 2.56. The molecule has 17 heavy (non-hydrogen) atoms. The van der Waals surface area contributed by atoms with Crippen LogP contribution in [0.25, 0.3) is 0 Å². The molecular formula is C13H18F3N. The average Bonchev–Trinajstić information content (AvgIpc) is 2.24. The molecule has 0 fully saturated rings. The van der Waals surface area contributed by atoms with Crippen molar-refractivity contribution in [3.63, 3.8) is 0 Å².